The molecule has 4 heteroatoms. The quantitative estimate of drug-likeness (QED) is 0.364. The zero-order valence-electron chi connectivity index (χ0n) is 15.3. The Hall–Kier alpha value is -1.62. The van der Waals surface area contributed by atoms with Crippen LogP contribution in [-0.2, 0) is 6.54 Å². The van der Waals surface area contributed by atoms with Gasteiger partial charge in [-0.05, 0) is 60.7 Å². The summed E-state index contributed by atoms with van der Waals surface area (Å²) in [6, 6.07) is 25.7. The summed E-state index contributed by atoms with van der Waals surface area (Å²) in [6.07, 6.45) is 0. The van der Waals surface area contributed by atoms with Crippen molar-refractivity contribution < 1.29 is 4.48 Å². The van der Waals surface area contributed by atoms with Crippen molar-refractivity contribution in [2.45, 2.75) is 6.54 Å². The second-order valence-electron chi connectivity index (χ2n) is 7.41. The first-order valence-corrected chi connectivity index (χ1v) is 10.1. The topological polar surface area (TPSA) is 3.24 Å². The predicted molar refractivity (Wildman–Crippen MR) is 118 cm³/mol. The molecule has 0 spiro atoms. The largest absolute Gasteiger partial charge is 0.327 e. The maximum absolute atomic E-state index is 3.53. The lowest BCUT2D eigenvalue weighted by molar-refractivity contribution is -0.884. The minimum absolute atomic E-state index is 0.903. The van der Waals surface area contributed by atoms with E-state index in [2.05, 4.69) is 131 Å². The highest BCUT2D eigenvalue weighted by atomic mass is 79.9. The number of nitrogens with zero attached hydrogens (tertiary/aromatic N) is 2. The molecule has 0 amide bonds. The molecule has 134 valence electrons. The van der Waals surface area contributed by atoms with Gasteiger partial charge in [-0.3, -0.25) is 0 Å². The van der Waals surface area contributed by atoms with E-state index < -0.39 is 0 Å². The van der Waals surface area contributed by atoms with Gasteiger partial charge in [0.2, 0.25) is 0 Å². The Morgan fingerprint density at radius 2 is 1.19 bits per heavy atom. The van der Waals surface area contributed by atoms with Gasteiger partial charge in [0.25, 0.3) is 0 Å². The van der Waals surface area contributed by atoms with Gasteiger partial charge in [-0.2, -0.15) is 0 Å². The van der Waals surface area contributed by atoms with Gasteiger partial charge >= 0.3 is 0 Å². The second-order valence-corrected chi connectivity index (χ2v) is 9.24. The summed E-state index contributed by atoms with van der Waals surface area (Å²) >= 11 is 7.07. The van der Waals surface area contributed by atoms with Crippen LogP contribution in [0, 0.1) is 0 Å². The van der Waals surface area contributed by atoms with Crippen molar-refractivity contribution >= 4 is 48.9 Å². The lowest BCUT2D eigenvalue weighted by atomic mass is 10.1. The molecular formula is C22H23Br2N2+. The number of hydrogen-bond donors (Lipinski definition) is 0. The maximum Gasteiger partial charge on any atom is 0.104 e. The summed E-state index contributed by atoms with van der Waals surface area (Å²) in [7, 11) is 6.65. The first-order valence-electron chi connectivity index (χ1n) is 8.52. The highest BCUT2D eigenvalue weighted by Gasteiger charge is 2.15. The molecule has 0 aromatic heterocycles. The number of hydrogen-bond acceptors (Lipinski definition) is 1. The molecule has 26 heavy (non-hydrogen) atoms. The lowest BCUT2D eigenvalue weighted by Crippen LogP contribution is -2.33. The van der Waals surface area contributed by atoms with Crippen LogP contribution in [0.25, 0.3) is 0 Å². The number of quaternary nitrogens is 1. The number of rotatable bonds is 5. The Labute approximate surface area is 172 Å². The molecule has 0 atom stereocenters. The van der Waals surface area contributed by atoms with Gasteiger partial charge in [0, 0.05) is 31.6 Å². The van der Waals surface area contributed by atoms with Crippen molar-refractivity contribution in [1.29, 1.82) is 0 Å². The number of anilines is 3. The van der Waals surface area contributed by atoms with Crippen molar-refractivity contribution in [3.8, 4) is 0 Å². The standard InChI is InChI=1S/C22H23Br2N2/c1-26(2,3)16-17-5-4-6-22(15-17)25(20-11-7-18(23)8-12-20)21-13-9-19(24)10-14-21/h4-15H,16H2,1-3H3/q+1. The Bertz CT molecular complexity index is 820. The second kappa shape index (κ2) is 7.95. The highest BCUT2D eigenvalue weighted by molar-refractivity contribution is 9.10. The van der Waals surface area contributed by atoms with E-state index in [1.54, 1.807) is 0 Å². The fourth-order valence-corrected chi connectivity index (χ4v) is 3.50. The molecule has 3 rings (SSSR count). The monoisotopic (exact) mass is 473 g/mol. The van der Waals surface area contributed by atoms with Crippen LogP contribution in [0.5, 0.6) is 0 Å². The van der Waals surface area contributed by atoms with E-state index in [9.17, 15) is 0 Å². The van der Waals surface area contributed by atoms with Gasteiger partial charge in [0.05, 0.1) is 21.1 Å². The molecule has 3 aromatic rings. The number of benzene rings is 3. The van der Waals surface area contributed by atoms with Gasteiger partial charge in [0.15, 0.2) is 0 Å². The molecule has 0 heterocycles. The van der Waals surface area contributed by atoms with Crippen molar-refractivity contribution in [1.82, 2.24) is 0 Å². The molecule has 0 fully saturated rings. The van der Waals surface area contributed by atoms with E-state index in [1.165, 1.54) is 11.3 Å². The van der Waals surface area contributed by atoms with Crippen molar-refractivity contribution in [2.24, 2.45) is 0 Å². The van der Waals surface area contributed by atoms with Crippen LogP contribution in [0.4, 0.5) is 17.1 Å². The van der Waals surface area contributed by atoms with Crippen LogP contribution in [0.3, 0.4) is 0 Å². The first kappa shape index (κ1) is 19.2. The average molecular weight is 475 g/mol. The highest BCUT2D eigenvalue weighted by Crippen LogP contribution is 2.36. The zero-order chi connectivity index (χ0) is 18.7. The SMILES string of the molecule is C[N+](C)(C)Cc1cccc(N(c2ccc(Br)cc2)c2ccc(Br)cc2)c1. The summed E-state index contributed by atoms with van der Waals surface area (Å²) < 4.78 is 3.06. The van der Waals surface area contributed by atoms with E-state index in [4.69, 9.17) is 0 Å². The van der Waals surface area contributed by atoms with E-state index in [1.807, 2.05) is 0 Å². The smallest absolute Gasteiger partial charge is 0.104 e. The minimum atomic E-state index is 0.903. The van der Waals surface area contributed by atoms with Gasteiger partial charge in [-0.25, -0.2) is 0 Å². The summed E-state index contributed by atoms with van der Waals surface area (Å²) in [5, 5.41) is 0. The van der Waals surface area contributed by atoms with Crippen molar-refractivity contribution in [3.63, 3.8) is 0 Å². The fraction of sp³-hybridized carbons (Fsp3) is 0.182. The van der Waals surface area contributed by atoms with Gasteiger partial charge in [0.1, 0.15) is 6.54 Å². The molecule has 0 saturated heterocycles. The van der Waals surface area contributed by atoms with Gasteiger partial charge < -0.3 is 9.38 Å². The zero-order valence-corrected chi connectivity index (χ0v) is 18.5. The Morgan fingerprint density at radius 1 is 0.692 bits per heavy atom. The molecule has 0 aliphatic rings. The van der Waals surface area contributed by atoms with E-state index >= 15 is 0 Å². The third kappa shape index (κ3) is 4.97. The number of halogens is 2. The molecule has 0 aliphatic carbocycles. The predicted octanol–water partition coefficient (Wildman–Crippen LogP) is 6.89. The normalized spacial score (nSPS) is 11.4. The third-order valence-electron chi connectivity index (χ3n) is 4.00. The third-order valence-corrected chi connectivity index (χ3v) is 5.05. The van der Waals surface area contributed by atoms with E-state index in [0.717, 1.165) is 31.3 Å². The molecular weight excluding hydrogens is 452 g/mol. The van der Waals surface area contributed by atoms with Crippen LogP contribution in [0.1, 0.15) is 5.56 Å². The molecule has 0 unspecified atom stereocenters. The molecule has 0 N–H and O–H groups in total. The molecule has 0 bridgehead atoms. The Balaban J connectivity index is 2.07. The van der Waals surface area contributed by atoms with E-state index in [0.29, 0.717) is 0 Å². The summed E-state index contributed by atoms with van der Waals surface area (Å²) in [4.78, 5) is 2.29. The van der Waals surface area contributed by atoms with Crippen LogP contribution >= 0.6 is 31.9 Å². The van der Waals surface area contributed by atoms with E-state index in [-0.39, 0.29) is 0 Å². The molecule has 3 aromatic carbocycles. The summed E-state index contributed by atoms with van der Waals surface area (Å²) in [5.41, 5.74) is 4.77. The van der Waals surface area contributed by atoms with Crippen molar-refractivity contribution in [2.75, 3.05) is 26.0 Å². The van der Waals surface area contributed by atoms with Crippen LogP contribution in [0.15, 0.2) is 81.7 Å². The van der Waals surface area contributed by atoms with Crippen LogP contribution < -0.4 is 4.90 Å². The molecule has 0 radical (unpaired) electrons. The maximum atomic E-state index is 3.53. The van der Waals surface area contributed by atoms with Gasteiger partial charge in [-0.15, -0.1) is 0 Å². The Kier molecular flexibility index (Phi) is 5.86. The molecule has 0 saturated carbocycles. The summed E-state index contributed by atoms with van der Waals surface area (Å²) in [6.45, 7) is 0.988. The average Bonchev–Trinajstić information content (AvgIpc) is 2.57. The Morgan fingerprint density at radius 3 is 1.65 bits per heavy atom. The van der Waals surface area contributed by atoms with Crippen LogP contribution in [0.2, 0.25) is 0 Å². The minimum Gasteiger partial charge on any atom is -0.327 e. The first-order chi connectivity index (χ1) is 12.3. The lowest BCUT2D eigenvalue weighted by Gasteiger charge is -2.27. The summed E-state index contributed by atoms with van der Waals surface area (Å²) in [5.74, 6) is 0. The molecule has 2 nitrogen and oxygen atoms in total. The fourth-order valence-electron chi connectivity index (χ4n) is 2.97. The molecule has 0 aliphatic heterocycles. The van der Waals surface area contributed by atoms with Crippen molar-refractivity contribution in [3.05, 3.63) is 87.3 Å². The van der Waals surface area contributed by atoms with Gasteiger partial charge in [-0.1, -0.05) is 44.0 Å². The van der Waals surface area contributed by atoms with Crippen LogP contribution in [-0.4, -0.2) is 25.6 Å².